The van der Waals surface area contributed by atoms with Crippen molar-refractivity contribution in [3.8, 4) is 17.3 Å². The van der Waals surface area contributed by atoms with Crippen LogP contribution in [0, 0.1) is 11.3 Å². The molecule has 2 rings (SSSR count). The van der Waals surface area contributed by atoms with Gasteiger partial charge in [0.1, 0.15) is 5.56 Å². The van der Waals surface area contributed by atoms with Gasteiger partial charge in [0.05, 0.1) is 23.5 Å². The van der Waals surface area contributed by atoms with Crippen LogP contribution in [-0.2, 0) is 7.05 Å². The fraction of sp³-hybridized carbons (Fsp3) is 0.0833. The van der Waals surface area contributed by atoms with Gasteiger partial charge in [0, 0.05) is 12.6 Å². The van der Waals surface area contributed by atoms with E-state index in [4.69, 9.17) is 10.4 Å². The van der Waals surface area contributed by atoms with Gasteiger partial charge in [0.15, 0.2) is 0 Å². The molecule has 1 aromatic heterocycles. The Kier molecular flexibility index (Phi) is 2.63. The molecule has 84 valence electrons. The lowest BCUT2D eigenvalue weighted by Crippen LogP contribution is -2.00. The van der Waals surface area contributed by atoms with E-state index in [9.17, 15) is 4.79 Å². The zero-order valence-electron chi connectivity index (χ0n) is 9.08. The fourth-order valence-electron chi connectivity index (χ4n) is 1.64. The molecule has 1 N–H and O–H groups in total. The third kappa shape index (κ3) is 1.88. The van der Waals surface area contributed by atoms with Crippen molar-refractivity contribution in [3.63, 3.8) is 0 Å². The van der Waals surface area contributed by atoms with Crippen molar-refractivity contribution >= 4 is 5.97 Å². The Hall–Kier alpha value is -2.61. The molecule has 0 aliphatic carbocycles. The van der Waals surface area contributed by atoms with Gasteiger partial charge in [-0.05, 0) is 12.1 Å². The number of hydrogen-bond donors (Lipinski definition) is 1. The lowest BCUT2D eigenvalue weighted by molar-refractivity contribution is 0.0697. The van der Waals surface area contributed by atoms with Crippen molar-refractivity contribution in [1.82, 2.24) is 9.78 Å². The largest absolute Gasteiger partial charge is 0.478 e. The first-order valence-electron chi connectivity index (χ1n) is 4.89. The number of nitrogens with zero attached hydrogens (tertiary/aromatic N) is 3. The minimum absolute atomic E-state index is 0.150. The van der Waals surface area contributed by atoms with Crippen molar-refractivity contribution in [1.29, 1.82) is 5.26 Å². The summed E-state index contributed by atoms with van der Waals surface area (Å²) in [7, 11) is 1.68. The van der Waals surface area contributed by atoms with Crippen LogP contribution < -0.4 is 0 Å². The van der Waals surface area contributed by atoms with Gasteiger partial charge in [0.2, 0.25) is 0 Å². The van der Waals surface area contributed by atoms with Crippen molar-refractivity contribution in [2.45, 2.75) is 0 Å². The van der Waals surface area contributed by atoms with Crippen molar-refractivity contribution in [2.24, 2.45) is 7.05 Å². The molecule has 0 bridgehead atoms. The third-order valence-electron chi connectivity index (χ3n) is 2.46. The zero-order valence-corrected chi connectivity index (χ0v) is 9.08. The lowest BCUT2D eigenvalue weighted by Gasteiger charge is -2.03. The number of nitriles is 1. The van der Waals surface area contributed by atoms with E-state index in [2.05, 4.69) is 5.10 Å². The number of aryl methyl sites for hydroxylation is 1. The minimum atomic E-state index is -1.02. The lowest BCUT2D eigenvalue weighted by atomic mass is 10.1. The maximum absolute atomic E-state index is 11.0. The number of carboxylic acid groups (broad SMARTS) is 1. The maximum atomic E-state index is 11.0. The topological polar surface area (TPSA) is 78.9 Å². The summed E-state index contributed by atoms with van der Waals surface area (Å²) in [5.41, 5.74) is 1.94. The van der Waals surface area contributed by atoms with Crippen LogP contribution in [0.4, 0.5) is 0 Å². The molecule has 0 fully saturated rings. The van der Waals surface area contributed by atoms with Crippen LogP contribution in [0.5, 0.6) is 0 Å². The normalized spacial score (nSPS) is 9.88. The molecular weight excluding hydrogens is 218 g/mol. The van der Waals surface area contributed by atoms with Crippen LogP contribution >= 0.6 is 0 Å². The second kappa shape index (κ2) is 4.10. The highest BCUT2D eigenvalue weighted by molar-refractivity contribution is 5.94. The highest BCUT2D eigenvalue weighted by Crippen LogP contribution is 2.23. The van der Waals surface area contributed by atoms with E-state index >= 15 is 0 Å². The van der Waals surface area contributed by atoms with E-state index in [1.165, 1.54) is 10.9 Å². The number of carboxylic acids is 1. The average molecular weight is 227 g/mol. The Labute approximate surface area is 97.5 Å². The summed E-state index contributed by atoms with van der Waals surface area (Å²) in [6, 6.07) is 8.73. The number of benzene rings is 1. The van der Waals surface area contributed by atoms with E-state index in [0.29, 0.717) is 11.3 Å². The monoisotopic (exact) mass is 227 g/mol. The van der Waals surface area contributed by atoms with Crippen LogP contribution in [-0.4, -0.2) is 20.9 Å². The van der Waals surface area contributed by atoms with Crippen LogP contribution in [0.25, 0.3) is 11.3 Å². The average Bonchev–Trinajstić information content (AvgIpc) is 2.71. The van der Waals surface area contributed by atoms with Gasteiger partial charge in [-0.15, -0.1) is 0 Å². The van der Waals surface area contributed by atoms with E-state index in [1.54, 1.807) is 31.3 Å². The van der Waals surface area contributed by atoms with Crippen molar-refractivity contribution < 1.29 is 9.90 Å². The Balaban J connectivity index is 2.56. The number of aromatic carboxylic acids is 1. The van der Waals surface area contributed by atoms with Gasteiger partial charge in [-0.25, -0.2) is 4.79 Å². The van der Waals surface area contributed by atoms with Crippen LogP contribution in [0.3, 0.4) is 0 Å². The van der Waals surface area contributed by atoms with Gasteiger partial charge in [-0.3, -0.25) is 4.68 Å². The maximum Gasteiger partial charge on any atom is 0.339 e. The molecule has 1 aromatic carbocycles. The predicted octanol–water partition coefficient (Wildman–Crippen LogP) is 1.66. The standard InChI is InChI=1S/C12H9N3O2/c1-15-11(10(7-14-15)12(16)17)9-4-2-8(6-13)3-5-9/h2-5,7H,1H3,(H,16,17). The highest BCUT2D eigenvalue weighted by atomic mass is 16.4. The Morgan fingerprint density at radius 2 is 2.06 bits per heavy atom. The fourth-order valence-corrected chi connectivity index (χ4v) is 1.64. The molecule has 2 aromatic rings. The van der Waals surface area contributed by atoms with Gasteiger partial charge in [-0.1, -0.05) is 12.1 Å². The molecule has 0 aliphatic heterocycles. The minimum Gasteiger partial charge on any atom is -0.478 e. The summed E-state index contributed by atoms with van der Waals surface area (Å²) in [5, 5.41) is 21.7. The van der Waals surface area contributed by atoms with Crippen LogP contribution in [0.2, 0.25) is 0 Å². The van der Waals surface area contributed by atoms with E-state index in [0.717, 1.165) is 5.56 Å². The smallest absolute Gasteiger partial charge is 0.339 e. The van der Waals surface area contributed by atoms with Gasteiger partial charge in [-0.2, -0.15) is 10.4 Å². The summed E-state index contributed by atoms with van der Waals surface area (Å²) in [6.45, 7) is 0. The highest BCUT2D eigenvalue weighted by Gasteiger charge is 2.16. The summed E-state index contributed by atoms with van der Waals surface area (Å²) in [5.74, 6) is -1.02. The van der Waals surface area contributed by atoms with E-state index < -0.39 is 5.97 Å². The first kappa shape index (κ1) is 10.9. The van der Waals surface area contributed by atoms with Crippen molar-refractivity contribution in [3.05, 3.63) is 41.6 Å². The summed E-state index contributed by atoms with van der Waals surface area (Å²) in [6.07, 6.45) is 1.32. The Morgan fingerprint density at radius 3 is 2.59 bits per heavy atom. The Bertz CT molecular complexity index is 606. The molecule has 17 heavy (non-hydrogen) atoms. The third-order valence-corrected chi connectivity index (χ3v) is 2.46. The number of aromatic nitrogens is 2. The van der Waals surface area contributed by atoms with Gasteiger partial charge < -0.3 is 5.11 Å². The first-order valence-corrected chi connectivity index (χ1v) is 4.89. The molecule has 0 radical (unpaired) electrons. The molecule has 0 amide bonds. The molecule has 0 aliphatic rings. The second-order valence-corrected chi connectivity index (χ2v) is 3.52. The first-order chi connectivity index (χ1) is 8.13. The zero-order chi connectivity index (χ0) is 12.4. The van der Waals surface area contributed by atoms with Crippen LogP contribution in [0.15, 0.2) is 30.5 Å². The molecule has 0 spiro atoms. The number of hydrogen-bond acceptors (Lipinski definition) is 3. The number of rotatable bonds is 2. The molecule has 5 heteroatoms. The summed E-state index contributed by atoms with van der Waals surface area (Å²) in [4.78, 5) is 11.0. The summed E-state index contributed by atoms with van der Waals surface area (Å²) < 4.78 is 1.50. The Morgan fingerprint density at radius 1 is 1.41 bits per heavy atom. The second-order valence-electron chi connectivity index (χ2n) is 3.52. The molecule has 0 atom stereocenters. The molecule has 1 heterocycles. The van der Waals surface area contributed by atoms with Gasteiger partial charge in [0.25, 0.3) is 0 Å². The SMILES string of the molecule is Cn1ncc(C(=O)O)c1-c1ccc(C#N)cc1. The molecular formula is C12H9N3O2. The molecule has 5 nitrogen and oxygen atoms in total. The summed E-state index contributed by atoms with van der Waals surface area (Å²) >= 11 is 0. The van der Waals surface area contributed by atoms with Crippen molar-refractivity contribution in [2.75, 3.05) is 0 Å². The number of carbonyl (C=O) groups is 1. The van der Waals surface area contributed by atoms with E-state index in [1.807, 2.05) is 6.07 Å². The van der Waals surface area contributed by atoms with Crippen LogP contribution in [0.1, 0.15) is 15.9 Å². The molecule has 0 saturated heterocycles. The molecule has 0 saturated carbocycles. The predicted molar refractivity (Wildman–Crippen MR) is 60.3 cm³/mol. The quantitative estimate of drug-likeness (QED) is 0.846. The van der Waals surface area contributed by atoms with Gasteiger partial charge >= 0.3 is 5.97 Å². The molecule has 0 unspecified atom stereocenters. The van der Waals surface area contributed by atoms with E-state index in [-0.39, 0.29) is 5.56 Å².